The summed E-state index contributed by atoms with van der Waals surface area (Å²) in [5, 5.41) is 12.2. The van der Waals surface area contributed by atoms with Crippen molar-refractivity contribution in [3.63, 3.8) is 0 Å². The number of carbonyl (C=O) groups excluding carboxylic acids is 2. The summed E-state index contributed by atoms with van der Waals surface area (Å²) >= 11 is 0. The third kappa shape index (κ3) is 5.94. The van der Waals surface area contributed by atoms with Crippen molar-refractivity contribution in [3.8, 4) is 0 Å². The number of halogens is 2. The lowest BCUT2D eigenvalue weighted by molar-refractivity contribution is -0.137. The quantitative estimate of drug-likeness (QED) is 0.429. The van der Waals surface area contributed by atoms with Crippen LogP contribution in [-0.2, 0) is 11.3 Å². The highest BCUT2D eigenvalue weighted by molar-refractivity contribution is 5.78. The van der Waals surface area contributed by atoms with Gasteiger partial charge in [0.1, 0.15) is 5.60 Å². The van der Waals surface area contributed by atoms with Crippen molar-refractivity contribution in [1.82, 2.24) is 24.3 Å². The zero-order valence-electron chi connectivity index (χ0n) is 26.5. The van der Waals surface area contributed by atoms with Crippen LogP contribution in [0.3, 0.4) is 0 Å². The number of fused-ring (bicyclic) bond motifs is 1. The summed E-state index contributed by atoms with van der Waals surface area (Å²) in [4.78, 5) is 50.1. The van der Waals surface area contributed by atoms with Crippen molar-refractivity contribution >= 4 is 23.0 Å². The molecule has 2 saturated heterocycles. The van der Waals surface area contributed by atoms with Gasteiger partial charge in [-0.1, -0.05) is 43.2 Å². The first-order valence-corrected chi connectivity index (χ1v) is 15.9. The lowest BCUT2D eigenvalue weighted by atomic mass is 9.66. The Balaban J connectivity index is 1.25. The van der Waals surface area contributed by atoms with E-state index in [4.69, 9.17) is 4.74 Å². The van der Waals surface area contributed by atoms with Gasteiger partial charge in [0, 0.05) is 44.2 Å². The Morgan fingerprint density at radius 1 is 1.00 bits per heavy atom. The van der Waals surface area contributed by atoms with Crippen molar-refractivity contribution in [2.24, 2.45) is 5.41 Å². The van der Waals surface area contributed by atoms with Gasteiger partial charge in [-0.3, -0.25) is 9.36 Å². The van der Waals surface area contributed by atoms with E-state index in [2.05, 4.69) is 4.98 Å². The second-order valence-electron chi connectivity index (χ2n) is 14.0. The number of likely N-dealkylation sites (tertiary alicyclic amines) is 1. The number of nitrogens with zero attached hydrogens (tertiary/aromatic N) is 5. The number of ether oxygens (including phenoxy) is 1. The van der Waals surface area contributed by atoms with Gasteiger partial charge in [-0.25, -0.2) is 23.4 Å². The number of hydrogen-bond donors (Lipinski definition) is 1. The van der Waals surface area contributed by atoms with Gasteiger partial charge in [0.05, 0.1) is 35.4 Å². The molecular weight excluding hydrogens is 596 g/mol. The van der Waals surface area contributed by atoms with Gasteiger partial charge < -0.3 is 24.5 Å². The second-order valence-corrected chi connectivity index (χ2v) is 14.0. The maximum absolute atomic E-state index is 14.3. The largest absolute Gasteiger partial charge is 0.444 e. The van der Waals surface area contributed by atoms with E-state index in [9.17, 15) is 28.3 Å². The number of carbonyl (C=O) groups is 2. The Morgan fingerprint density at radius 3 is 2.39 bits per heavy atom. The summed E-state index contributed by atoms with van der Waals surface area (Å²) in [5.41, 5.74) is -2.24. The van der Waals surface area contributed by atoms with E-state index in [1.807, 2.05) is 56.0 Å². The molecule has 1 aliphatic carbocycles. The molecule has 2 aromatic carbocycles. The standard InChI is InChI=1S/C34H41F2N5O5/c1-32(2,3)46-31(44)38-15-16-41(28(19-38)23-9-5-4-6-10-23)30(43)39-14-13-34(45,33(20-39)11-7-8-12-33)21-40-22-37-27-18-26(36)25(35)17-24(27)29(40)42/h4-6,9-10,17-18,22,28,45H,7-8,11-16,19-21H2,1-3H3/t28-,34?/m0/s1. The van der Waals surface area contributed by atoms with Gasteiger partial charge in [0.2, 0.25) is 0 Å². The molecule has 3 aliphatic rings. The molecule has 0 bridgehead atoms. The van der Waals surface area contributed by atoms with Crippen molar-refractivity contribution in [1.29, 1.82) is 0 Å². The highest BCUT2D eigenvalue weighted by Gasteiger charge is 2.56. The summed E-state index contributed by atoms with van der Waals surface area (Å²) in [5.74, 6) is -2.22. The molecule has 6 rings (SSSR count). The Bertz CT molecular complexity index is 1690. The first kappa shape index (κ1) is 31.9. The van der Waals surface area contributed by atoms with Crippen LogP contribution in [0, 0.1) is 17.0 Å². The zero-order valence-corrected chi connectivity index (χ0v) is 26.5. The van der Waals surface area contributed by atoms with E-state index in [0.29, 0.717) is 32.5 Å². The minimum Gasteiger partial charge on any atom is -0.444 e. The van der Waals surface area contributed by atoms with Crippen LogP contribution in [0.15, 0.2) is 53.6 Å². The highest BCUT2D eigenvalue weighted by Crippen LogP contribution is 2.52. The molecule has 3 fully saturated rings. The molecule has 10 nitrogen and oxygen atoms in total. The zero-order chi connectivity index (χ0) is 32.9. The monoisotopic (exact) mass is 637 g/mol. The highest BCUT2D eigenvalue weighted by atomic mass is 19.2. The van der Waals surface area contributed by atoms with Crippen LogP contribution >= 0.6 is 0 Å². The first-order chi connectivity index (χ1) is 21.8. The molecule has 3 aromatic rings. The van der Waals surface area contributed by atoms with Crippen LogP contribution < -0.4 is 5.56 Å². The van der Waals surface area contributed by atoms with E-state index in [1.54, 1.807) is 9.80 Å². The summed E-state index contributed by atoms with van der Waals surface area (Å²) in [6.45, 7) is 6.91. The van der Waals surface area contributed by atoms with E-state index < -0.39 is 39.9 Å². The van der Waals surface area contributed by atoms with E-state index in [-0.39, 0.29) is 49.0 Å². The molecule has 246 valence electrons. The van der Waals surface area contributed by atoms with Crippen LogP contribution in [0.5, 0.6) is 0 Å². The Morgan fingerprint density at radius 2 is 1.70 bits per heavy atom. The van der Waals surface area contributed by atoms with Crippen molar-refractivity contribution in [2.45, 2.75) is 76.7 Å². The maximum atomic E-state index is 14.3. The summed E-state index contributed by atoms with van der Waals surface area (Å²) in [6, 6.07) is 10.8. The lowest BCUT2D eigenvalue weighted by Crippen LogP contribution is -2.64. The molecule has 1 unspecified atom stereocenters. The molecule has 0 radical (unpaired) electrons. The average Bonchev–Trinajstić information content (AvgIpc) is 3.50. The van der Waals surface area contributed by atoms with Crippen molar-refractivity contribution in [3.05, 3.63) is 76.3 Å². The van der Waals surface area contributed by atoms with Gasteiger partial charge in [-0.2, -0.15) is 0 Å². The predicted octanol–water partition coefficient (Wildman–Crippen LogP) is 5.09. The average molecular weight is 638 g/mol. The molecular formula is C34H41F2N5O5. The molecule has 12 heteroatoms. The fourth-order valence-electron chi connectivity index (χ4n) is 7.46. The van der Waals surface area contributed by atoms with E-state index >= 15 is 0 Å². The maximum Gasteiger partial charge on any atom is 0.410 e. The van der Waals surface area contributed by atoms with Crippen molar-refractivity contribution in [2.75, 3.05) is 32.7 Å². The van der Waals surface area contributed by atoms with Crippen LogP contribution in [0.4, 0.5) is 18.4 Å². The number of hydrogen-bond acceptors (Lipinski definition) is 6. The minimum atomic E-state index is -1.33. The third-order valence-electron chi connectivity index (χ3n) is 9.87. The number of benzene rings is 2. The van der Waals surface area contributed by atoms with Gasteiger partial charge in [-0.15, -0.1) is 0 Å². The van der Waals surface area contributed by atoms with Gasteiger partial charge in [0.25, 0.3) is 5.56 Å². The number of aromatic nitrogens is 2. The van der Waals surface area contributed by atoms with Crippen molar-refractivity contribution < 1.29 is 28.2 Å². The molecule has 46 heavy (non-hydrogen) atoms. The molecule has 1 N–H and O–H groups in total. The predicted molar refractivity (Wildman–Crippen MR) is 167 cm³/mol. The molecule has 2 aliphatic heterocycles. The van der Waals surface area contributed by atoms with Gasteiger partial charge in [-0.05, 0) is 51.7 Å². The molecule has 2 atom stereocenters. The summed E-state index contributed by atoms with van der Waals surface area (Å²) in [6.07, 6.45) is 4.19. The van der Waals surface area contributed by atoms with Crippen LogP contribution in [0.2, 0.25) is 0 Å². The molecule has 1 saturated carbocycles. The minimum absolute atomic E-state index is 0.0443. The summed E-state index contributed by atoms with van der Waals surface area (Å²) < 4.78 is 34.7. The van der Waals surface area contributed by atoms with Crippen LogP contribution in [0.25, 0.3) is 10.9 Å². The third-order valence-corrected chi connectivity index (χ3v) is 9.87. The number of urea groups is 1. The number of piperazine rings is 1. The summed E-state index contributed by atoms with van der Waals surface area (Å²) in [7, 11) is 0. The number of piperidine rings is 1. The molecule has 1 spiro atoms. The number of amides is 3. The van der Waals surface area contributed by atoms with Crippen LogP contribution in [-0.4, -0.2) is 85.4 Å². The number of aliphatic hydroxyl groups is 1. The molecule has 3 amide bonds. The fraction of sp³-hybridized carbons (Fsp3) is 0.529. The molecule has 3 heterocycles. The molecule has 1 aromatic heterocycles. The van der Waals surface area contributed by atoms with Gasteiger partial charge in [0.15, 0.2) is 11.6 Å². The Labute approximate surface area is 266 Å². The normalized spacial score (nSPS) is 23.3. The van der Waals surface area contributed by atoms with E-state index in [0.717, 1.165) is 30.5 Å². The SMILES string of the molecule is CC(C)(C)OC(=O)N1CCN(C(=O)N2CCC(O)(Cn3cnc4cc(F)c(F)cc4c3=O)C3(CCCC3)C2)[C@H](c2ccccc2)C1. The van der Waals surface area contributed by atoms with E-state index in [1.165, 1.54) is 10.9 Å². The number of rotatable bonds is 3. The second kappa shape index (κ2) is 11.9. The Kier molecular flexibility index (Phi) is 8.28. The lowest BCUT2D eigenvalue weighted by Gasteiger charge is -2.53. The topological polar surface area (TPSA) is 108 Å². The first-order valence-electron chi connectivity index (χ1n) is 15.9. The van der Waals surface area contributed by atoms with Crippen LogP contribution in [0.1, 0.15) is 64.5 Å². The fourth-order valence-corrected chi connectivity index (χ4v) is 7.46. The smallest absolute Gasteiger partial charge is 0.410 e. The Hall–Kier alpha value is -4.06. The van der Waals surface area contributed by atoms with Gasteiger partial charge >= 0.3 is 12.1 Å².